The molecule has 0 saturated carbocycles. The van der Waals surface area contributed by atoms with Gasteiger partial charge in [0.25, 0.3) is 11.8 Å². The standard InChI is InChI=1S/C22H21ClN4O2/c1-2-27(14-24)22(29)20(11-17-13-25-19-9-4-3-8-18(17)19)26-21(28)16-7-5-6-15(10-16)12-23/h3-10,13,20,25H,2,11-12H2,1H3,(H,26,28). The zero-order chi connectivity index (χ0) is 20.8. The molecule has 2 aromatic carbocycles. The van der Waals surface area contributed by atoms with Crippen LogP contribution in [0.5, 0.6) is 0 Å². The van der Waals surface area contributed by atoms with Crippen molar-refractivity contribution in [2.24, 2.45) is 0 Å². The molecule has 1 aromatic heterocycles. The minimum Gasteiger partial charge on any atom is -0.361 e. The van der Waals surface area contributed by atoms with Gasteiger partial charge in [-0.2, -0.15) is 5.26 Å². The van der Waals surface area contributed by atoms with Gasteiger partial charge in [-0.15, -0.1) is 11.6 Å². The summed E-state index contributed by atoms with van der Waals surface area (Å²) in [6.45, 7) is 1.95. The topological polar surface area (TPSA) is 89.0 Å². The maximum absolute atomic E-state index is 12.9. The Morgan fingerprint density at radius 1 is 1.24 bits per heavy atom. The number of alkyl halides is 1. The number of carbonyl (C=O) groups is 2. The van der Waals surface area contributed by atoms with Gasteiger partial charge >= 0.3 is 0 Å². The number of amides is 2. The average molecular weight is 409 g/mol. The number of fused-ring (bicyclic) bond motifs is 1. The molecule has 0 radical (unpaired) electrons. The van der Waals surface area contributed by atoms with E-state index in [1.807, 2.05) is 42.7 Å². The molecule has 1 atom stereocenters. The molecule has 3 aromatic rings. The molecule has 29 heavy (non-hydrogen) atoms. The van der Waals surface area contributed by atoms with E-state index in [4.69, 9.17) is 11.6 Å². The van der Waals surface area contributed by atoms with Crippen LogP contribution >= 0.6 is 11.6 Å². The van der Waals surface area contributed by atoms with Crippen LogP contribution in [0, 0.1) is 11.5 Å². The third kappa shape index (κ3) is 4.58. The Balaban J connectivity index is 1.89. The minimum atomic E-state index is -0.874. The Kier molecular flexibility index (Phi) is 6.53. The molecule has 1 heterocycles. The molecular weight excluding hydrogens is 388 g/mol. The average Bonchev–Trinajstić information content (AvgIpc) is 3.17. The predicted molar refractivity (Wildman–Crippen MR) is 112 cm³/mol. The second-order valence-electron chi connectivity index (χ2n) is 6.61. The monoisotopic (exact) mass is 408 g/mol. The highest BCUT2D eigenvalue weighted by atomic mass is 35.5. The first-order valence-electron chi connectivity index (χ1n) is 9.29. The zero-order valence-corrected chi connectivity index (χ0v) is 16.7. The number of H-pyrrole nitrogens is 1. The van der Waals surface area contributed by atoms with E-state index in [0.29, 0.717) is 5.56 Å². The van der Waals surface area contributed by atoms with Gasteiger partial charge in [-0.25, -0.2) is 4.90 Å². The fourth-order valence-corrected chi connectivity index (χ4v) is 3.39. The van der Waals surface area contributed by atoms with Crippen LogP contribution in [0.1, 0.15) is 28.4 Å². The number of benzene rings is 2. The Hall–Kier alpha value is -3.30. The highest BCUT2D eigenvalue weighted by molar-refractivity contribution is 6.17. The summed E-state index contributed by atoms with van der Waals surface area (Å²) < 4.78 is 0. The summed E-state index contributed by atoms with van der Waals surface area (Å²) in [5.74, 6) is -0.539. The Bertz CT molecular complexity index is 1070. The quantitative estimate of drug-likeness (QED) is 0.355. The fraction of sp³-hybridized carbons (Fsp3) is 0.227. The van der Waals surface area contributed by atoms with Crippen molar-refractivity contribution in [2.45, 2.75) is 25.3 Å². The van der Waals surface area contributed by atoms with Gasteiger partial charge in [-0.05, 0) is 36.2 Å². The third-order valence-corrected chi connectivity index (χ3v) is 5.06. The number of halogens is 1. The molecule has 2 amide bonds. The summed E-state index contributed by atoms with van der Waals surface area (Å²) in [5.41, 5.74) is 3.07. The lowest BCUT2D eigenvalue weighted by Gasteiger charge is -2.21. The van der Waals surface area contributed by atoms with E-state index in [2.05, 4.69) is 10.3 Å². The van der Waals surface area contributed by atoms with Gasteiger partial charge < -0.3 is 10.3 Å². The van der Waals surface area contributed by atoms with Gasteiger partial charge in [-0.1, -0.05) is 30.3 Å². The molecule has 7 heteroatoms. The van der Waals surface area contributed by atoms with Crippen LogP contribution in [-0.4, -0.2) is 34.3 Å². The summed E-state index contributed by atoms with van der Waals surface area (Å²) >= 11 is 5.86. The molecular formula is C22H21ClN4O2. The summed E-state index contributed by atoms with van der Waals surface area (Å²) in [7, 11) is 0. The Morgan fingerprint density at radius 2 is 2.03 bits per heavy atom. The molecule has 0 fully saturated rings. The normalized spacial score (nSPS) is 11.6. The van der Waals surface area contributed by atoms with Crippen LogP contribution in [-0.2, 0) is 17.1 Å². The van der Waals surface area contributed by atoms with Gasteiger partial charge in [0.15, 0.2) is 6.19 Å². The smallest absolute Gasteiger partial charge is 0.258 e. The van der Waals surface area contributed by atoms with Crippen molar-refractivity contribution in [1.82, 2.24) is 15.2 Å². The Morgan fingerprint density at radius 3 is 2.76 bits per heavy atom. The van der Waals surface area contributed by atoms with Gasteiger partial charge in [0, 0.05) is 41.5 Å². The molecule has 2 N–H and O–H groups in total. The first-order chi connectivity index (χ1) is 14.1. The molecule has 148 valence electrons. The molecule has 0 aliphatic rings. The lowest BCUT2D eigenvalue weighted by atomic mass is 10.0. The third-order valence-electron chi connectivity index (χ3n) is 4.75. The highest BCUT2D eigenvalue weighted by Crippen LogP contribution is 2.20. The minimum absolute atomic E-state index is 0.233. The maximum atomic E-state index is 12.9. The first kappa shape index (κ1) is 20.4. The van der Waals surface area contributed by atoms with E-state index in [9.17, 15) is 14.9 Å². The Labute approximate surface area is 174 Å². The molecule has 6 nitrogen and oxygen atoms in total. The van der Waals surface area contributed by atoms with Crippen molar-refractivity contribution in [3.05, 3.63) is 71.4 Å². The van der Waals surface area contributed by atoms with E-state index < -0.39 is 11.9 Å². The second-order valence-corrected chi connectivity index (χ2v) is 6.87. The van der Waals surface area contributed by atoms with Crippen LogP contribution in [0.15, 0.2) is 54.7 Å². The zero-order valence-electron chi connectivity index (χ0n) is 16.0. The van der Waals surface area contributed by atoms with Crippen LogP contribution in [0.2, 0.25) is 0 Å². The summed E-state index contributed by atoms with van der Waals surface area (Å²) in [5, 5.41) is 13.1. The number of likely N-dealkylation sites (N-methyl/N-ethyl adjacent to an activating group) is 1. The van der Waals surface area contributed by atoms with Crippen LogP contribution in [0.25, 0.3) is 10.9 Å². The fourth-order valence-electron chi connectivity index (χ4n) is 3.22. The molecule has 0 aliphatic heterocycles. The number of aromatic nitrogens is 1. The van der Waals surface area contributed by atoms with E-state index in [-0.39, 0.29) is 24.8 Å². The van der Waals surface area contributed by atoms with Crippen molar-refractivity contribution >= 4 is 34.3 Å². The van der Waals surface area contributed by atoms with Crippen LogP contribution < -0.4 is 5.32 Å². The summed E-state index contributed by atoms with van der Waals surface area (Å²) in [6.07, 6.45) is 3.98. The number of para-hydroxylation sites is 1. The largest absolute Gasteiger partial charge is 0.361 e. The first-order valence-corrected chi connectivity index (χ1v) is 9.82. The highest BCUT2D eigenvalue weighted by Gasteiger charge is 2.27. The molecule has 1 unspecified atom stereocenters. The molecule has 0 aliphatic carbocycles. The van der Waals surface area contributed by atoms with Gasteiger partial charge in [0.05, 0.1) is 0 Å². The van der Waals surface area contributed by atoms with Gasteiger partial charge in [-0.3, -0.25) is 9.59 Å². The number of carbonyl (C=O) groups excluding carboxylic acids is 2. The van der Waals surface area contributed by atoms with Crippen LogP contribution in [0.4, 0.5) is 0 Å². The second kappa shape index (κ2) is 9.26. The van der Waals surface area contributed by atoms with Crippen molar-refractivity contribution in [3.63, 3.8) is 0 Å². The molecule has 0 spiro atoms. The van der Waals surface area contributed by atoms with E-state index in [1.165, 1.54) is 0 Å². The van der Waals surface area contributed by atoms with Gasteiger partial charge in [0.2, 0.25) is 0 Å². The lowest BCUT2D eigenvalue weighted by Crippen LogP contribution is -2.48. The SMILES string of the molecule is CCN(C#N)C(=O)C(Cc1c[nH]c2ccccc12)NC(=O)c1cccc(CCl)c1. The molecule has 0 saturated heterocycles. The maximum Gasteiger partial charge on any atom is 0.258 e. The number of hydrogen-bond acceptors (Lipinski definition) is 3. The molecule has 0 bridgehead atoms. The number of aromatic amines is 1. The number of nitrogens with one attached hydrogen (secondary N) is 2. The van der Waals surface area contributed by atoms with E-state index >= 15 is 0 Å². The van der Waals surface area contributed by atoms with E-state index in [1.54, 1.807) is 25.1 Å². The number of nitriles is 1. The lowest BCUT2D eigenvalue weighted by molar-refractivity contribution is -0.130. The van der Waals surface area contributed by atoms with Crippen molar-refractivity contribution < 1.29 is 9.59 Å². The van der Waals surface area contributed by atoms with E-state index in [0.717, 1.165) is 26.9 Å². The number of rotatable bonds is 7. The summed E-state index contributed by atoms with van der Waals surface area (Å²) in [6, 6.07) is 13.8. The summed E-state index contributed by atoms with van der Waals surface area (Å²) in [4.78, 5) is 29.9. The van der Waals surface area contributed by atoms with Crippen LogP contribution in [0.3, 0.4) is 0 Å². The number of hydrogen-bond donors (Lipinski definition) is 2. The van der Waals surface area contributed by atoms with Gasteiger partial charge in [0.1, 0.15) is 6.04 Å². The number of nitrogens with zero attached hydrogens (tertiary/aromatic N) is 2. The predicted octanol–water partition coefficient (Wildman–Crippen LogP) is 3.58. The van der Waals surface area contributed by atoms with Crippen molar-refractivity contribution in [2.75, 3.05) is 6.54 Å². The van der Waals surface area contributed by atoms with Crippen molar-refractivity contribution in [3.8, 4) is 6.19 Å². The van der Waals surface area contributed by atoms with Crippen molar-refractivity contribution in [1.29, 1.82) is 5.26 Å². The molecule has 3 rings (SSSR count).